The van der Waals surface area contributed by atoms with E-state index in [1.807, 2.05) is 0 Å². The summed E-state index contributed by atoms with van der Waals surface area (Å²) in [6.07, 6.45) is 5.52. The van der Waals surface area contributed by atoms with Crippen LogP contribution < -0.4 is 5.73 Å². The minimum absolute atomic E-state index is 0.202. The number of nitrogens with zero attached hydrogens (tertiary/aromatic N) is 2. The topological polar surface area (TPSA) is 70.1 Å². The van der Waals surface area contributed by atoms with Crippen LogP contribution in [0.1, 0.15) is 39.0 Å². The molecule has 1 saturated carbocycles. The van der Waals surface area contributed by atoms with Crippen molar-refractivity contribution in [2.75, 3.05) is 6.54 Å². The zero-order chi connectivity index (χ0) is 12.4. The molecule has 94 valence electrons. The molecule has 1 heterocycles. The first-order chi connectivity index (χ1) is 8.13. The summed E-state index contributed by atoms with van der Waals surface area (Å²) in [5.74, 6) is 0.271. The van der Waals surface area contributed by atoms with Gasteiger partial charge < -0.3 is 5.73 Å². The molecule has 0 aromatic heterocycles. The number of likely N-dealkylation sites (tertiary alicyclic amines) is 1. The van der Waals surface area contributed by atoms with Crippen molar-refractivity contribution in [3.63, 3.8) is 0 Å². The van der Waals surface area contributed by atoms with E-state index >= 15 is 0 Å². The van der Waals surface area contributed by atoms with Crippen molar-refractivity contribution >= 4 is 5.91 Å². The second-order valence-corrected chi connectivity index (χ2v) is 5.52. The molecule has 0 aromatic rings. The molecule has 1 aliphatic heterocycles. The Labute approximate surface area is 103 Å². The second kappa shape index (κ2) is 5.05. The number of carbonyl (C=O) groups excluding carboxylic acids is 1. The SMILES string of the molecule is CC1CCC(N2CCC(C#N)C2C(N)=O)CC1. The molecule has 4 nitrogen and oxygen atoms in total. The zero-order valence-corrected chi connectivity index (χ0v) is 10.4. The van der Waals surface area contributed by atoms with E-state index in [0.29, 0.717) is 6.04 Å². The van der Waals surface area contributed by atoms with Gasteiger partial charge in [-0.3, -0.25) is 9.69 Å². The average Bonchev–Trinajstić information content (AvgIpc) is 2.73. The van der Waals surface area contributed by atoms with E-state index in [-0.39, 0.29) is 17.9 Å². The lowest BCUT2D eigenvalue weighted by atomic mass is 9.86. The summed E-state index contributed by atoms with van der Waals surface area (Å²) in [4.78, 5) is 13.7. The lowest BCUT2D eigenvalue weighted by Gasteiger charge is -2.36. The standard InChI is InChI=1S/C13H21N3O/c1-9-2-4-11(5-3-9)16-7-6-10(8-14)12(16)13(15)17/h9-12H,2-7H2,1H3,(H2,15,17). The third-order valence-electron chi connectivity index (χ3n) is 4.35. The van der Waals surface area contributed by atoms with E-state index in [9.17, 15) is 4.79 Å². The van der Waals surface area contributed by atoms with Crippen LogP contribution in [-0.2, 0) is 4.79 Å². The lowest BCUT2D eigenvalue weighted by Crippen LogP contribution is -2.49. The van der Waals surface area contributed by atoms with E-state index in [0.717, 1.165) is 31.7 Å². The summed E-state index contributed by atoms with van der Waals surface area (Å²) < 4.78 is 0. The summed E-state index contributed by atoms with van der Waals surface area (Å²) >= 11 is 0. The van der Waals surface area contributed by atoms with Crippen LogP contribution in [0.5, 0.6) is 0 Å². The molecule has 2 fully saturated rings. The van der Waals surface area contributed by atoms with Crippen LogP contribution in [0, 0.1) is 23.2 Å². The van der Waals surface area contributed by atoms with Gasteiger partial charge in [0.25, 0.3) is 0 Å². The van der Waals surface area contributed by atoms with Gasteiger partial charge in [0.15, 0.2) is 0 Å². The largest absolute Gasteiger partial charge is 0.368 e. The maximum atomic E-state index is 11.5. The van der Waals surface area contributed by atoms with E-state index in [2.05, 4.69) is 17.9 Å². The molecular weight excluding hydrogens is 214 g/mol. The molecule has 0 radical (unpaired) electrons. The number of amides is 1. The van der Waals surface area contributed by atoms with Crippen molar-refractivity contribution < 1.29 is 4.79 Å². The number of carbonyl (C=O) groups is 1. The highest BCUT2D eigenvalue weighted by Gasteiger charge is 2.42. The first-order valence-electron chi connectivity index (χ1n) is 6.58. The van der Waals surface area contributed by atoms with Gasteiger partial charge in [0.05, 0.1) is 12.0 Å². The van der Waals surface area contributed by atoms with Gasteiger partial charge in [-0.1, -0.05) is 6.92 Å². The van der Waals surface area contributed by atoms with Crippen LogP contribution in [0.3, 0.4) is 0 Å². The fraction of sp³-hybridized carbons (Fsp3) is 0.846. The van der Waals surface area contributed by atoms with Gasteiger partial charge in [0.2, 0.25) is 5.91 Å². The highest BCUT2D eigenvalue weighted by atomic mass is 16.1. The Kier molecular flexibility index (Phi) is 3.68. The number of rotatable bonds is 2. The molecule has 0 bridgehead atoms. The van der Waals surface area contributed by atoms with Crippen LogP contribution in [0.2, 0.25) is 0 Å². The molecule has 2 aliphatic rings. The third-order valence-corrected chi connectivity index (χ3v) is 4.35. The Balaban J connectivity index is 2.05. The molecule has 0 spiro atoms. The summed E-state index contributed by atoms with van der Waals surface area (Å²) in [6.45, 7) is 3.13. The Hall–Kier alpha value is -1.08. The first kappa shape index (κ1) is 12.4. The number of hydrogen-bond donors (Lipinski definition) is 1. The van der Waals surface area contributed by atoms with Crippen molar-refractivity contribution in [2.24, 2.45) is 17.6 Å². The molecule has 2 rings (SSSR count). The Bertz CT molecular complexity index is 328. The van der Waals surface area contributed by atoms with Crippen molar-refractivity contribution in [1.82, 2.24) is 4.90 Å². The van der Waals surface area contributed by atoms with Gasteiger partial charge in [-0.15, -0.1) is 0 Å². The molecule has 4 heteroatoms. The van der Waals surface area contributed by atoms with Crippen LogP contribution in [-0.4, -0.2) is 29.4 Å². The summed E-state index contributed by atoms with van der Waals surface area (Å²) in [7, 11) is 0. The molecular formula is C13H21N3O. The van der Waals surface area contributed by atoms with Crippen molar-refractivity contribution in [2.45, 2.75) is 51.1 Å². The Morgan fingerprint density at radius 1 is 1.29 bits per heavy atom. The van der Waals surface area contributed by atoms with E-state index < -0.39 is 0 Å². The van der Waals surface area contributed by atoms with E-state index in [1.54, 1.807) is 0 Å². The number of hydrogen-bond acceptors (Lipinski definition) is 3. The average molecular weight is 235 g/mol. The van der Waals surface area contributed by atoms with Crippen LogP contribution in [0.15, 0.2) is 0 Å². The fourth-order valence-electron chi connectivity index (χ4n) is 3.30. The highest BCUT2D eigenvalue weighted by Crippen LogP contribution is 2.33. The van der Waals surface area contributed by atoms with Crippen molar-refractivity contribution in [1.29, 1.82) is 5.26 Å². The van der Waals surface area contributed by atoms with E-state index in [1.165, 1.54) is 12.8 Å². The summed E-state index contributed by atoms with van der Waals surface area (Å²) in [6, 6.07) is 2.34. The Morgan fingerprint density at radius 3 is 2.47 bits per heavy atom. The predicted molar refractivity (Wildman–Crippen MR) is 64.8 cm³/mol. The summed E-state index contributed by atoms with van der Waals surface area (Å²) in [5, 5.41) is 9.06. The van der Waals surface area contributed by atoms with Gasteiger partial charge in [-0.05, 0) is 38.0 Å². The minimum atomic E-state index is -0.349. The van der Waals surface area contributed by atoms with Crippen LogP contribution in [0.4, 0.5) is 0 Å². The smallest absolute Gasteiger partial charge is 0.236 e. The number of nitrogens with two attached hydrogens (primary N) is 1. The number of nitriles is 1. The molecule has 2 atom stereocenters. The van der Waals surface area contributed by atoms with Gasteiger partial charge in [-0.25, -0.2) is 0 Å². The van der Waals surface area contributed by atoms with E-state index in [4.69, 9.17) is 11.0 Å². The monoisotopic (exact) mass is 235 g/mol. The highest BCUT2D eigenvalue weighted by molar-refractivity contribution is 5.81. The van der Waals surface area contributed by atoms with Gasteiger partial charge in [-0.2, -0.15) is 5.26 Å². The normalized spacial score (nSPS) is 38.8. The molecule has 1 aliphatic carbocycles. The summed E-state index contributed by atoms with van der Waals surface area (Å²) in [5.41, 5.74) is 5.46. The predicted octanol–water partition coefficient (Wildman–Crippen LogP) is 1.26. The molecule has 17 heavy (non-hydrogen) atoms. The van der Waals surface area contributed by atoms with Crippen LogP contribution in [0.25, 0.3) is 0 Å². The lowest BCUT2D eigenvalue weighted by molar-refractivity contribution is -0.124. The second-order valence-electron chi connectivity index (χ2n) is 5.52. The Morgan fingerprint density at radius 2 is 1.94 bits per heavy atom. The van der Waals surface area contributed by atoms with Gasteiger partial charge in [0, 0.05) is 12.6 Å². The maximum absolute atomic E-state index is 11.5. The van der Waals surface area contributed by atoms with Crippen molar-refractivity contribution in [3.8, 4) is 6.07 Å². The molecule has 0 aromatic carbocycles. The molecule has 1 amide bonds. The molecule has 1 saturated heterocycles. The van der Waals surface area contributed by atoms with Crippen molar-refractivity contribution in [3.05, 3.63) is 0 Å². The van der Waals surface area contributed by atoms with Crippen LogP contribution >= 0.6 is 0 Å². The van der Waals surface area contributed by atoms with Gasteiger partial charge >= 0.3 is 0 Å². The molecule has 2 N–H and O–H groups in total. The zero-order valence-electron chi connectivity index (χ0n) is 10.4. The van der Waals surface area contributed by atoms with Gasteiger partial charge in [0.1, 0.15) is 6.04 Å². The quantitative estimate of drug-likeness (QED) is 0.783. The maximum Gasteiger partial charge on any atom is 0.236 e. The minimum Gasteiger partial charge on any atom is -0.368 e. The number of primary amides is 1. The first-order valence-corrected chi connectivity index (χ1v) is 6.58. The fourth-order valence-corrected chi connectivity index (χ4v) is 3.30. The molecule has 2 unspecified atom stereocenters. The third kappa shape index (κ3) is 2.44.